The van der Waals surface area contributed by atoms with Gasteiger partial charge in [-0.05, 0) is 25.1 Å². The van der Waals surface area contributed by atoms with Gasteiger partial charge in [-0.2, -0.15) is 8.42 Å². The normalized spacial score (nSPS) is 17.8. The molecular weight excluding hydrogens is 353 g/mol. The van der Waals surface area contributed by atoms with Crippen molar-refractivity contribution in [1.82, 2.24) is 9.55 Å². The molecule has 10 heteroatoms. The van der Waals surface area contributed by atoms with Crippen molar-refractivity contribution in [3.63, 3.8) is 0 Å². The molecule has 0 radical (unpaired) electrons. The van der Waals surface area contributed by atoms with Crippen LogP contribution >= 0.6 is 0 Å². The van der Waals surface area contributed by atoms with Gasteiger partial charge in [0.2, 0.25) is 0 Å². The van der Waals surface area contributed by atoms with Crippen LogP contribution in [-0.4, -0.2) is 49.6 Å². The highest BCUT2D eigenvalue weighted by Crippen LogP contribution is 2.25. The summed E-state index contributed by atoms with van der Waals surface area (Å²) in [5, 5.41) is 0. The van der Waals surface area contributed by atoms with E-state index in [4.69, 9.17) is 4.74 Å². The third-order valence-electron chi connectivity index (χ3n) is 3.57. The summed E-state index contributed by atoms with van der Waals surface area (Å²) < 4.78 is 47.6. The zero-order valence-corrected chi connectivity index (χ0v) is 14.4. The van der Waals surface area contributed by atoms with Crippen LogP contribution in [-0.2, 0) is 19.0 Å². The molecule has 2 heterocycles. The number of anilines is 1. The SMILES string of the molecule is Cc1cn(-c2ccc(N3CC(COS(C)(=O)=O)OC3=O)cc2F)cn1. The average Bonchev–Trinajstić information content (AvgIpc) is 3.10. The monoisotopic (exact) mass is 369 g/mol. The number of ether oxygens (including phenoxy) is 1. The van der Waals surface area contributed by atoms with Crippen molar-refractivity contribution in [2.75, 3.05) is 24.3 Å². The van der Waals surface area contributed by atoms with Gasteiger partial charge in [-0.25, -0.2) is 14.2 Å². The van der Waals surface area contributed by atoms with Crippen molar-refractivity contribution in [2.45, 2.75) is 13.0 Å². The highest BCUT2D eigenvalue weighted by Gasteiger charge is 2.33. The number of benzene rings is 1. The molecule has 1 unspecified atom stereocenters. The lowest BCUT2D eigenvalue weighted by atomic mass is 10.2. The fourth-order valence-electron chi connectivity index (χ4n) is 2.44. The molecule has 8 nitrogen and oxygen atoms in total. The van der Waals surface area contributed by atoms with Crippen LogP contribution in [0.4, 0.5) is 14.9 Å². The molecule has 0 spiro atoms. The van der Waals surface area contributed by atoms with E-state index in [0.717, 1.165) is 11.9 Å². The number of amides is 1. The lowest BCUT2D eigenvalue weighted by Crippen LogP contribution is -2.26. The van der Waals surface area contributed by atoms with E-state index < -0.39 is 28.1 Å². The van der Waals surface area contributed by atoms with Crippen molar-refractivity contribution in [2.24, 2.45) is 0 Å². The van der Waals surface area contributed by atoms with Crippen LogP contribution in [0.15, 0.2) is 30.7 Å². The van der Waals surface area contributed by atoms with Crippen molar-refractivity contribution in [3.05, 3.63) is 42.2 Å². The zero-order valence-electron chi connectivity index (χ0n) is 13.5. The molecule has 1 saturated heterocycles. The number of nitrogens with zero attached hydrogens (tertiary/aromatic N) is 3. The second-order valence-corrected chi connectivity index (χ2v) is 7.31. The molecular formula is C15H16FN3O5S. The van der Waals surface area contributed by atoms with Gasteiger partial charge in [0.15, 0.2) is 0 Å². The number of halogens is 1. The van der Waals surface area contributed by atoms with Crippen LogP contribution in [0.5, 0.6) is 0 Å². The van der Waals surface area contributed by atoms with E-state index in [2.05, 4.69) is 9.17 Å². The minimum atomic E-state index is -3.63. The van der Waals surface area contributed by atoms with E-state index in [-0.39, 0.29) is 13.2 Å². The third-order valence-corrected chi connectivity index (χ3v) is 4.14. The average molecular weight is 369 g/mol. The van der Waals surface area contributed by atoms with E-state index in [1.165, 1.54) is 23.4 Å². The first kappa shape index (κ1) is 17.4. The molecule has 0 bridgehead atoms. The molecule has 25 heavy (non-hydrogen) atoms. The van der Waals surface area contributed by atoms with Gasteiger partial charge in [-0.3, -0.25) is 9.08 Å². The Hall–Kier alpha value is -2.46. The Morgan fingerprint density at radius 2 is 2.20 bits per heavy atom. The Labute approximate surface area is 143 Å². The summed E-state index contributed by atoms with van der Waals surface area (Å²) in [6.45, 7) is 1.58. The molecule has 0 saturated carbocycles. The first-order valence-electron chi connectivity index (χ1n) is 7.36. The highest BCUT2D eigenvalue weighted by atomic mass is 32.2. The van der Waals surface area contributed by atoms with E-state index >= 15 is 0 Å². The van der Waals surface area contributed by atoms with Crippen LogP contribution in [0.25, 0.3) is 5.69 Å². The van der Waals surface area contributed by atoms with Gasteiger partial charge in [0.1, 0.15) is 18.5 Å². The van der Waals surface area contributed by atoms with E-state index in [0.29, 0.717) is 11.4 Å². The molecule has 1 aromatic heterocycles. The molecule has 0 N–H and O–H groups in total. The summed E-state index contributed by atoms with van der Waals surface area (Å²) >= 11 is 0. The van der Waals surface area contributed by atoms with Gasteiger partial charge in [0.25, 0.3) is 10.1 Å². The molecule has 2 aromatic rings. The van der Waals surface area contributed by atoms with Crippen molar-refractivity contribution in [1.29, 1.82) is 0 Å². The lowest BCUT2D eigenvalue weighted by Gasteiger charge is -2.14. The van der Waals surface area contributed by atoms with Crippen molar-refractivity contribution in [3.8, 4) is 5.69 Å². The number of carbonyl (C=O) groups excluding carboxylic acids is 1. The largest absolute Gasteiger partial charge is 0.441 e. The number of hydrogen-bond donors (Lipinski definition) is 0. The van der Waals surface area contributed by atoms with Gasteiger partial charge >= 0.3 is 6.09 Å². The quantitative estimate of drug-likeness (QED) is 0.744. The van der Waals surface area contributed by atoms with Gasteiger partial charge in [-0.15, -0.1) is 0 Å². The van der Waals surface area contributed by atoms with E-state index in [9.17, 15) is 17.6 Å². The van der Waals surface area contributed by atoms with Crippen LogP contribution in [0.2, 0.25) is 0 Å². The number of carbonyl (C=O) groups is 1. The molecule has 1 aromatic carbocycles. The maximum atomic E-state index is 14.4. The number of rotatable bonds is 5. The number of cyclic esters (lactones) is 1. The Morgan fingerprint density at radius 3 is 2.80 bits per heavy atom. The Kier molecular flexibility index (Phi) is 4.48. The zero-order chi connectivity index (χ0) is 18.2. The maximum absolute atomic E-state index is 14.4. The first-order valence-corrected chi connectivity index (χ1v) is 9.17. The fraction of sp³-hybridized carbons (Fsp3) is 0.333. The Bertz CT molecular complexity index is 912. The molecule has 1 aliphatic heterocycles. The topological polar surface area (TPSA) is 90.7 Å². The van der Waals surface area contributed by atoms with Crippen molar-refractivity contribution < 1.29 is 26.5 Å². The van der Waals surface area contributed by atoms with Crippen LogP contribution < -0.4 is 4.90 Å². The standard InChI is InChI=1S/C15H16FN3O5S/c1-10-6-18(9-17-10)14-4-3-11(5-13(14)16)19-7-12(24-15(19)20)8-23-25(2,21)22/h3-6,9,12H,7-8H2,1-2H3. The predicted molar refractivity (Wildman–Crippen MR) is 86.7 cm³/mol. The van der Waals surface area contributed by atoms with Gasteiger partial charge in [0, 0.05) is 6.20 Å². The smallest absolute Gasteiger partial charge is 0.414 e. The molecule has 1 aliphatic rings. The first-order chi connectivity index (χ1) is 11.7. The summed E-state index contributed by atoms with van der Waals surface area (Å²) in [7, 11) is -3.63. The van der Waals surface area contributed by atoms with Gasteiger partial charge in [-0.1, -0.05) is 0 Å². The number of hydrogen-bond acceptors (Lipinski definition) is 6. The number of aryl methyl sites for hydroxylation is 1. The molecule has 0 aliphatic carbocycles. The molecule has 1 atom stereocenters. The van der Waals surface area contributed by atoms with Crippen LogP contribution in [0.3, 0.4) is 0 Å². The summed E-state index contributed by atoms with van der Waals surface area (Å²) in [5.74, 6) is -0.529. The van der Waals surface area contributed by atoms with E-state index in [1.54, 1.807) is 23.8 Å². The summed E-state index contributed by atoms with van der Waals surface area (Å²) in [4.78, 5) is 17.2. The fourth-order valence-corrected chi connectivity index (χ4v) is 2.84. The minimum Gasteiger partial charge on any atom is -0.441 e. The van der Waals surface area contributed by atoms with Gasteiger partial charge in [0.05, 0.1) is 36.2 Å². The van der Waals surface area contributed by atoms with Gasteiger partial charge < -0.3 is 9.30 Å². The Balaban J connectivity index is 1.76. The van der Waals surface area contributed by atoms with Crippen LogP contribution in [0, 0.1) is 12.7 Å². The maximum Gasteiger partial charge on any atom is 0.414 e. The Morgan fingerprint density at radius 1 is 1.44 bits per heavy atom. The molecule has 1 fully saturated rings. The minimum absolute atomic E-state index is 0.0668. The summed E-state index contributed by atoms with van der Waals surface area (Å²) in [6, 6.07) is 4.32. The number of imidazole rings is 1. The predicted octanol–water partition coefficient (Wildman–Crippen LogP) is 1.62. The molecule has 3 rings (SSSR count). The summed E-state index contributed by atoms with van der Waals surface area (Å²) in [5.41, 5.74) is 1.36. The second kappa shape index (κ2) is 6.45. The number of aromatic nitrogens is 2. The van der Waals surface area contributed by atoms with Crippen LogP contribution in [0.1, 0.15) is 5.69 Å². The highest BCUT2D eigenvalue weighted by molar-refractivity contribution is 7.85. The molecule has 1 amide bonds. The summed E-state index contributed by atoms with van der Waals surface area (Å²) in [6.07, 6.45) is 2.65. The van der Waals surface area contributed by atoms with Crippen molar-refractivity contribution >= 4 is 21.9 Å². The second-order valence-electron chi connectivity index (χ2n) is 5.66. The van der Waals surface area contributed by atoms with E-state index in [1.807, 2.05) is 0 Å². The third kappa shape index (κ3) is 3.97. The molecule has 134 valence electrons. The lowest BCUT2D eigenvalue weighted by molar-refractivity contribution is 0.107.